The van der Waals surface area contributed by atoms with Gasteiger partial charge < -0.3 is 24.8 Å². The van der Waals surface area contributed by atoms with Crippen molar-refractivity contribution >= 4 is 39.3 Å². The quantitative estimate of drug-likeness (QED) is 0.515. The monoisotopic (exact) mass is 430 g/mol. The van der Waals surface area contributed by atoms with Crippen molar-refractivity contribution in [3.63, 3.8) is 0 Å². The molecule has 1 aliphatic rings. The Labute approximate surface area is 186 Å². The Balaban J connectivity index is 1.66. The first-order chi connectivity index (χ1) is 15.6. The number of ether oxygens (including phenoxy) is 1. The molecule has 8 nitrogen and oxygen atoms in total. The van der Waals surface area contributed by atoms with Crippen LogP contribution in [0.3, 0.4) is 0 Å². The number of nitrogens with zero attached hydrogens (tertiary/aromatic N) is 4. The smallest absolute Gasteiger partial charge is 0.319 e. The Bertz CT molecular complexity index is 1290. The third-order valence-electron chi connectivity index (χ3n) is 5.74. The topological polar surface area (TPSA) is 84.3 Å². The summed E-state index contributed by atoms with van der Waals surface area (Å²) in [5, 5.41) is 7.75. The van der Waals surface area contributed by atoms with Gasteiger partial charge in [0.15, 0.2) is 5.82 Å². The fraction of sp³-hybridized carbons (Fsp3) is 0.292. The average Bonchev–Trinajstić information content (AvgIpc) is 3.20. The van der Waals surface area contributed by atoms with Gasteiger partial charge in [0, 0.05) is 60.4 Å². The van der Waals surface area contributed by atoms with E-state index in [1.807, 2.05) is 38.2 Å². The summed E-state index contributed by atoms with van der Waals surface area (Å²) in [6.07, 6.45) is 2.05. The van der Waals surface area contributed by atoms with Gasteiger partial charge in [-0.25, -0.2) is 14.8 Å². The number of benzene rings is 2. The fourth-order valence-corrected chi connectivity index (χ4v) is 4.15. The number of rotatable bonds is 4. The van der Waals surface area contributed by atoms with E-state index in [1.54, 1.807) is 0 Å². The molecule has 2 N–H and O–H groups in total. The van der Waals surface area contributed by atoms with Crippen LogP contribution in [0.2, 0.25) is 0 Å². The molecule has 164 valence electrons. The molecule has 8 heteroatoms. The predicted molar refractivity (Wildman–Crippen MR) is 127 cm³/mol. The SMILES string of the molecule is CCNC(=O)Nc1cccc(-c2nc(N3CCOCC3)c3ccc4c(ccn4C)c3n2)c1. The summed E-state index contributed by atoms with van der Waals surface area (Å²) in [5.74, 6) is 1.55. The van der Waals surface area contributed by atoms with Gasteiger partial charge in [0.05, 0.1) is 18.7 Å². The summed E-state index contributed by atoms with van der Waals surface area (Å²) in [6.45, 7) is 5.39. The van der Waals surface area contributed by atoms with Crippen molar-refractivity contribution in [2.75, 3.05) is 43.1 Å². The summed E-state index contributed by atoms with van der Waals surface area (Å²) < 4.78 is 7.66. The number of aryl methyl sites for hydroxylation is 1. The maximum Gasteiger partial charge on any atom is 0.319 e. The van der Waals surface area contributed by atoms with E-state index in [0.717, 1.165) is 46.3 Å². The van der Waals surface area contributed by atoms with Crippen LogP contribution in [0.25, 0.3) is 33.2 Å². The first-order valence-corrected chi connectivity index (χ1v) is 10.9. The van der Waals surface area contributed by atoms with Gasteiger partial charge in [0.2, 0.25) is 0 Å². The van der Waals surface area contributed by atoms with Gasteiger partial charge in [-0.1, -0.05) is 12.1 Å². The Kier molecular flexibility index (Phi) is 5.36. The minimum atomic E-state index is -0.232. The standard InChI is InChI=1S/C24H26N6O2/c1-3-25-24(31)26-17-6-4-5-16(15-17)22-27-21-18-9-10-29(2)20(18)8-7-19(21)23(28-22)30-11-13-32-14-12-30/h4-10,15H,3,11-14H2,1-2H3,(H2,25,26,31). The molecule has 1 fully saturated rings. The normalized spacial score (nSPS) is 14.1. The Morgan fingerprint density at radius 3 is 2.75 bits per heavy atom. The first-order valence-electron chi connectivity index (χ1n) is 10.9. The van der Waals surface area contributed by atoms with Gasteiger partial charge in [-0.3, -0.25) is 0 Å². The second-order valence-corrected chi connectivity index (χ2v) is 7.86. The lowest BCUT2D eigenvalue weighted by molar-refractivity contribution is 0.122. The third-order valence-corrected chi connectivity index (χ3v) is 5.74. The molecule has 0 saturated carbocycles. The van der Waals surface area contributed by atoms with Crippen LogP contribution in [0.5, 0.6) is 0 Å². The van der Waals surface area contributed by atoms with E-state index in [0.29, 0.717) is 31.3 Å². The lowest BCUT2D eigenvalue weighted by atomic mass is 10.1. The maximum absolute atomic E-state index is 12.0. The number of anilines is 2. The van der Waals surface area contributed by atoms with E-state index >= 15 is 0 Å². The van der Waals surface area contributed by atoms with Crippen LogP contribution in [0, 0.1) is 0 Å². The van der Waals surface area contributed by atoms with E-state index in [9.17, 15) is 4.79 Å². The summed E-state index contributed by atoms with van der Waals surface area (Å²) in [5.41, 5.74) is 3.60. The highest BCUT2D eigenvalue weighted by Crippen LogP contribution is 2.33. The molecule has 1 saturated heterocycles. The van der Waals surface area contributed by atoms with E-state index in [2.05, 4.69) is 44.5 Å². The zero-order chi connectivity index (χ0) is 22.1. The molecular formula is C24H26N6O2. The van der Waals surface area contributed by atoms with Crippen LogP contribution in [-0.2, 0) is 11.8 Å². The molecule has 0 bridgehead atoms. The van der Waals surface area contributed by atoms with Gasteiger partial charge in [-0.2, -0.15) is 0 Å². The highest BCUT2D eigenvalue weighted by Gasteiger charge is 2.20. The van der Waals surface area contributed by atoms with E-state index < -0.39 is 0 Å². The highest BCUT2D eigenvalue weighted by molar-refractivity contribution is 6.08. The molecule has 32 heavy (non-hydrogen) atoms. The van der Waals surface area contributed by atoms with Gasteiger partial charge in [-0.15, -0.1) is 0 Å². The molecule has 0 atom stereocenters. The number of amides is 2. The Hall–Kier alpha value is -3.65. The molecule has 0 radical (unpaired) electrons. The Morgan fingerprint density at radius 1 is 1.09 bits per heavy atom. The molecule has 2 amide bonds. The number of hydrogen-bond donors (Lipinski definition) is 2. The van der Waals surface area contributed by atoms with Crippen LogP contribution in [0.1, 0.15) is 6.92 Å². The number of aromatic nitrogens is 3. The summed E-state index contributed by atoms with van der Waals surface area (Å²) in [6, 6.07) is 13.7. The second kappa shape index (κ2) is 8.47. The van der Waals surface area contributed by atoms with Crippen LogP contribution in [0.4, 0.5) is 16.3 Å². The minimum Gasteiger partial charge on any atom is -0.378 e. The molecule has 0 unspecified atom stereocenters. The maximum atomic E-state index is 12.0. The van der Waals surface area contributed by atoms with Crippen LogP contribution < -0.4 is 15.5 Å². The number of carbonyl (C=O) groups excluding carboxylic acids is 1. The molecule has 4 aromatic rings. The van der Waals surface area contributed by atoms with Gasteiger partial charge in [0.1, 0.15) is 5.82 Å². The average molecular weight is 431 g/mol. The van der Waals surface area contributed by atoms with Crippen molar-refractivity contribution in [1.82, 2.24) is 19.9 Å². The van der Waals surface area contributed by atoms with Crippen LogP contribution in [-0.4, -0.2) is 53.4 Å². The lowest BCUT2D eigenvalue weighted by Gasteiger charge is -2.29. The number of nitrogens with one attached hydrogen (secondary N) is 2. The summed E-state index contributed by atoms with van der Waals surface area (Å²) >= 11 is 0. The third kappa shape index (κ3) is 3.73. The number of urea groups is 1. The molecule has 0 aliphatic carbocycles. The molecule has 2 aromatic carbocycles. The number of fused-ring (bicyclic) bond motifs is 3. The van der Waals surface area contributed by atoms with Crippen molar-refractivity contribution < 1.29 is 9.53 Å². The van der Waals surface area contributed by atoms with Gasteiger partial charge in [-0.05, 0) is 37.3 Å². The fourth-order valence-electron chi connectivity index (χ4n) is 4.15. The largest absolute Gasteiger partial charge is 0.378 e. The minimum absolute atomic E-state index is 0.232. The number of carbonyl (C=O) groups is 1. The van der Waals surface area contributed by atoms with Gasteiger partial charge in [0.25, 0.3) is 0 Å². The highest BCUT2D eigenvalue weighted by atomic mass is 16.5. The van der Waals surface area contributed by atoms with Crippen LogP contribution >= 0.6 is 0 Å². The van der Waals surface area contributed by atoms with Crippen molar-refractivity contribution in [3.05, 3.63) is 48.7 Å². The van der Waals surface area contributed by atoms with E-state index in [-0.39, 0.29) is 6.03 Å². The molecule has 1 aliphatic heterocycles. The number of morpholine rings is 1. The number of hydrogen-bond acceptors (Lipinski definition) is 5. The van der Waals surface area contributed by atoms with Crippen molar-refractivity contribution in [1.29, 1.82) is 0 Å². The molecule has 5 rings (SSSR count). The van der Waals surface area contributed by atoms with Crippen molar-refractivity contribution in [3.8, 4) is 11.4 Å². The van der Waals surface area contributed by atoms with Crippen LogP contribution in [0.15, 0.2) is 48.7 Å². The van der Waals surface area contributed by atoms with E-state index in [1.165, 1.54) is 0 Å². The lowest BCUT2D eigenvalue weighted by Crippen LogP contribution is -2.37. The zero-order valence-electron chi connectivity index (χ0n) is 18.3. The molecule has 2 aromatic heterocycles. The molecule has 0 spiro atoms. The zero-order valence-corrected chi connectivity index (χ0v) is 18.3. The van der Waals surface area contributed by atoms with Crippen molar-refractivity contribution in [2.24, 2.45) is 7.05 Å². The van der Waals surface area contributed by atoms with Crippen molar-refractivity contribution in [2.45, 2.75) is 6.92 Å². The first kappa shape index (κ1) is 20.3. The van der Waals surface area contributed by atoms with Gasteiger partial charge >= 0.3 is 6.03 Å². The predicted octanol–water partition coefficient (Wildman–Crippen LogP) is 3.77. The molecular weight excluding hydrogens is 404 g/mol. The van der Waals surface area contributed by atoms with E-state index in [4.69, 9.17) is 14.7 Å². The summed E-state index contributed by atoms with van der Waals surface area (Å²) in [4.78, 5) is 24.2. The second-order valence-electron chi connectivity index (χ2n) is 7.86. The summed E-state index contributed by atoms with van der Waals surface area (Å²) in [7, 11) is 2.04. The Morgan fingerprint density at radius 2 is 1.94 bits per heavy atom. The molecule has 3 heterocycles.